The van der Waals surface area contributed by atoms with E-state index >= 15 is 0 Å². The van der Waals surface area contributed by atoms with Crippen molar-refractivity contribution in [2.24, 2.45) is 17.6 Å². The summed E-state index contributed by atoms with van der Waals surface area (Å²) in [5.74, 6) is -0.245. The Morgan fingerprint density at radius 3 is 1.91 bits per heavy atom. The van der Waals surface area contributed by atoms with Crippen LogP contribution in [0.15, 0.2) is 43.0 Å². The number of hydrogen-bond donors (Lipinski definition) is 3. The molecule has 2 unspecified atom stereocenters. The van der Waals surface area contributed by atoms with Crippen molar-refractivity contribution in [3.05, 3.63) is 60.2 Å². The average molecular weight is 815 g/mol. The number of nitrogens with one attached hydrogen (secondary N) is 2. The van der Waals surface area contributed by atoms with Gasteiger partial charge in [0.05, 0.1) is 21.8 Å². The quantitative estimate of drug-likeness (QED) is 0.201. The number of carbonyl (C=O) groups is 1. The number of carbonyl (C=O) groups excluding carboxylic acids is 1. The molecule has 4 N–H and O–H groups in total. The number of halogens is 2. The van der Waals surface area contributed by atoms with Gasteiger partial charge in [0.25, 0.3) is 16.1 Å². The number of amides is 1. The highest BCUT2D eigenvalue weighted by Crippen LogP contribution is 2.31. The van der Waals surface area contributed by atoms with Gasteiger partial charge in [0.2, 0.25) is 10.0 Å². The summed E-state index contributed by atoms with van der Waals surface area (Å²) in [6.07, 6.45) is 11.0. The Morgan fingerprint density at radius 1 is 0.714 bits per heavy atom. The Labute approximate surface area is 325 Å². The molecule has 0 spiro atoms. The minimum absolute atomic E-state index is 0.141. The van der Waals surface area contributed by atoms with Gasteiger partial charge in [0, 0.05) is 63.1 Å². The van der Waals surface area contributed by atoms with Crippen molar-refractivity contribution in [1.82, 2.24) is 33.7 Å². The molecule has 3 aliphatic heterocycles. The van der Waals surface area contributed by atoms with Crippen molar-refractivity contribution in [3.63, 3.8) is 0 Å². The van der Waals surface area contributed by atoms with E-state index in [4.69, 9.17) is 5.73 Å². The number of nitrogens with zero attached hydrogens (tertiary/aromatic N) is 7. The van der Waals surface area contributed by atoms with Crippen LogP contribution in [0.3, 0.4) is 0 Å². The number of benzene rings is 2. The zero-order valence-corrected chi connectivity index (χ0v) is 32.7. The lowest BCUT2D eigenvalue weighted by atomic mass is 9.98. The lowest BCUT2D eigenvalue weighted by Crippen LogP contribution is -2.47. The zero-order chi connectivity index (χ0) is 39.5. The number of aromatic nitrogens is 4. The molecule has 5 heterocycles. The molecule has 1 aliphatic carbocycles. The minimum atomic E-state index is -3.42. The maximum atomic E-state index is 14.3. The van der Waals surface area contributed by atoms with E-state index in [1.165, 1.54) is 36.9 Å². The van der Waals surface area contributed by atoms with Gasteiger partial charge in [-0.15, -0.1) is 0 Å². The molecule has 19 heteroatoms. The smallest absolute Gasteiger partial charge is 0.279 e. The monoisotopic (exact) mass is 814 g/mol. The molecule has 2 atom stereocenters. The van der Waals surface area contributed by atoms with Crippen molar-refractivity contribution < 1.29 is 30.4 Å². The van der Waals surface area contributed by atoms with E-state index in [0.29, 0.717) is 72.7 Å². The molecular weight excluding hydrogens is 767 g/mol. The maximum Gasteiger partial charge on any atom is 0.279 e. The van der Waals surface area contributed by atoms with Crippen molar-refractivity contribution in [1.29, 1.82) is 0 Å². The number of anilines is 2. The van der Waals surface area contributed by atoms with Crippen molar-refractivity contribution in [2.45, 2.75) is 63.0 Å². The number of primary amides is 1. The summed E-state index contributed by atoms with van der Waals surface area (Å²) in [4.78, 5) is 32.6. The molecular formula is C37H48F2N10O5S2. The van der Waals surface area contributed by atoms with Crippen LogP contribution < -0.4 is 25.0 Å². The first-order chi connectivity index (χ1) is 26.9. The van der Waals surface area contributed by atoms with Crippen LogP contribution in [0.5, 0.6) is 0 Å². The van der Waals surface area contributed by atoms with Gasteiger partial charge in [-0.2, -0.15) is 12.7 Å². The van der Waals surface area contributed by atoms with Gasteiger partial charge in [-0.05, 0) is 93.5 Å². The molecule has 302 valence electrons. The molecule has 2 aromatic heterocycles. The lowest BCUT2D eigenvalue weighted by Gasteiger charge is -2.34. The summed E-state index contributed by atoms with van der Waals surface area (Å²) in [6.45, 7) is 4.85. The summed E-state index contributed by atoms with van der Waals surface area (Å²) in [6, 6.07) is 7.10. The predicted octanol–water partition coefficient (Wildman–Crippen LogP) is 3.47. The van der Waals surface area contributed by atoms with E-state index in [-0.39, 0.29) is 28.5 Å². The topological polar surface area (TPSA) is 197 Å². The van der Waals surface area contributed by atoms with Gasteiger partial charge >= 0.3 is 0 Å². The third-order valence-corrected chi connectivity index (χ3v) is 14.4. The Balaban J connectivity index is 0.000000172. The van der Waals surface area contributed by atoms with E-state index in [1.807, 2.05) is 4.90 Å². The first kappa shape index (κ1) is 40.0. The highest BCUT2D eigenvalue weighted by molar-refractivity contribution is 7.90. The third-order valence-electron chi connectivity index (χ3n) is 10.9. The van der Waals surface area contributed by atoms with Crippen molar-refractivity contribution >= 4 is 59.6 Å². The molecule has 1 amide bonds. The van der Waals surface area contributed by atoms with Crippen LogP contribution in [-0.4, -0.2) is 105 Å². The number of sulfonamides is 1. The maximum absolute atomic E-state index is 14.3. The molecule has 0 bridgehead atoms. The fourth-order valence-electron chi connectivity index (χ4n) is 7.77. The molecule has 4 fully saturated rings. The molecule has 2 aromatic carbocycles. The van der Waals surface area contributed by atoms with Gasteiger partial charge in [0.1, 0.15) is 35.9 Å². The predicted molar refractivity (Wildman–Crippen MR) is 210 cm³/mol. The van der Waals surface area contributed by atoms with Crippen LogP contribution in [0.4, 0.5) is 20.4 Å². The minimum Gasteiger partial charge on any atom is -0.366 e. The fraction of sp³-hybridized carbons (Fsp3) is 0.541. The van der Waals surface area contributed by atoms with Gasteiger partial charge in [-0.3, -0.25) is 4.79 Å². The van der Waals surface area contributed by atoms with Crippen LogP contribution in [0, 0.1) is 23.5 Å². The van der Waals surface area contributed by atoms with Crippen LogP contribution >= 0.6 is 0 Å². The molecule has 1 saturated carbocycles. The van der Waals surface area contributed by atoms with Crippen LogP contribution in [0.25, 0.3) is 21.8 Å². The highest BCUT2D eigenvalue weighted by Gasteiger charge is 2.36. The number of nitrogens with two attached hydrogens (primary N) is 1. The Bertz CT molecular complexity index is 2280. The van der Waals surface area contributed by atoms with Gasteiger partial charge in [0.15, 0.2) is 0 Å². The first-order valence-electron chi connectivity index (χ1n) is 19.3. The molecule has 3 saturated heterocycles. The standard InChI is InChI=1S/C19H26FN5O2S.C18H22FN5O3S/c20-16-6-7-18-17(11-16)19(22-14-21-18)24-8-4-5-15(13-24)12-23-28(26,27)25-9-2-1-3-10-25;19-15-6-14-16(7-13(15)17(20)25)21-10-22-18(14)24-5-1-2-11(9-24)8-23-28(26,27)12-3-4-12/h6-7,11,14-15,23H,1-5,8-10,12-13H2;6-7,10-12,23H,1-5,8-9H2,(H2,20,25). The summed E-state index contributed by atoms with van der Waals surface area (Å²) in [7, 11) is -6.62. The summed E-state index contributed by atoms with van der Waals surface area (Å²) >= 11 is 0. The van der Waals surface area contributed by atoms with Crippen LogP contribution in [0.1, 0.15) is 68.1 Å². The van der Waals surface area contributed by atoms with Gasteiger partial charge in [-0.25, -0.2) is 46.6 Å². The highest BCUT2D eigenvalue weighted by atomic mass is 32.2. The normalized spacial score (nSPS) is 21.2. The number of piperidine rings is 3. The second kappa shape index (κ2) is 17.1. The van der Waals surface area contributed by atoms with E-state index < -0.39 is 32.0 Å². The number of fused-ring (bicyclic) bond motifs is 2. The lowest BCUT2D eigenvalue weighted by molar-refractivity contribution is 0.0996. The van der Waals surface area contributed by atoms with Crippen molar-refractivity contribution in [2.75, 3.05) is 62.2 Å². The zero-order valence-electron chi connectivity index (χ0n) is 31.1. The average Bonchev–Trinajstić information content (AvgIpc) is 4.07. The fourth-order valence-corrected chi connectivity index (χ4v) is 10.6. The Morgan fingerprint density at radius 2 is 1.30 bits per heavy atom. The SMILES string of the molecule is NC(=O)c1cc2ncnc(N3CCCC(CNS(=O)(=O)C4CC4)C3)c2cc1F.O=S(=O)(NCC1CCCN(c2ncnc3ccc(F)cc23)C1)N1CCCCC1. The van der Waals surface area contributed by atoms with Crippen molar-refractivity contribution in [3.8, 4) is 0 Å². The molecule has 8 rings (SSSR count). The Hall–Kier alpha value is -4.17. The molecule has 4 aromatic rings. The molecule has 4 aliphatic rings. The summed E-state index contributed by atoms with van der Waals surface area (Å²) in [5, 5.41) is 0.960. The second-order valence-corrected chi connectivity index (χ2v) is 18.9. The molecule has 56 heavy (non-hydrogen) atoms. The van der Waals surface area contributed by atoms with Crippen LogP contribution in [0.2, 0.25) is 0 Å². The van der Waals surface area contributed by atoms with E-state index in [9.17, 15) is 30.4 Å². The molecule has 0 radical (unpaired) electrons. The van der Waals surface area contributed by atoms with Crippen LogP contribution in [-0.2, 0) is 20.2 Å². The largest absolute Gasteiger partial charge is 0.366 e. The Kier molecular flexibility index (Phi) is 12.3. The first-order valence-corrected chi connectivity index (χ1v) is 22.2. The third kappa shape index (κ3) is 9.50. The van der Waals surface area contributed by atoms with E-state index in [2.05, 4.69) is 34.3 Å². The number of hydrogen-bond acceptors (Lipinski definition) is 11. The second-order valence-electron chi connectivity index (χ2n) is 15.1. The summed E-state index contributed by atoms with van der Waals surface area (Å²) in [5.41, 5.74) is 6.15. The van der Waals surface area contributed by atoms with E-state index in [0.717, 1.165) is 70.9 Å². The summed E-state index contributed by atoms with van der Waals surface area (Å²) < 4.78 is 84.3. The molecule has 15 nitrogen and oxygen atoms in total. The van der Waals surface area contributed by atoms with Gasteiger partial charge < -0.3 is 15.5 Å². The number of rotatable bonds is 11. The van der Waals surface area contributed by atoms with Gasteiger partial charge in [-0.1, -0.05) is 6.42 Å². The van der Waals surface area contributed by atoms with E-state index in [1.54, 1.807) is 10.4 Å².